The molecule has 0 saturated heterocycles. The summed E-state index contributed by atoms with van der Waals surface area (Å²) >= 11 is 0. The standard InChI is InChI=1S/C25H34N2O6/c1-7-30-20-14-17(15-21(31-8-2)23(20)32-9-3)24(29)27-26-22(28)16-33-19-13-11-10-12-18(19)25(4,5)6/h10-15H,7-9,16H2,1-6H3,(H,26,28)(H,27,29). The molecule has 8 nitrogen and oxygen atoms in total. The fraction of sp³-hybridized carbons (Fsp3) is 0.440. The van der Waals surface area contributed by atoms with Gasteiger partial charge < -0.3 is 18.9 Å². The lowest BCUT2D eigenvalue weighted by Gasteiger charge is -2.22. The molecule has 2 aromatic carbocycles. The van der Waals surface area contributed by atoms with Crippen molar-refractivity contribution in [3.63, 3.8) is 0 Å². The molecule has 8 heteroatoms. The van der Waals surface area contributed by atoms with Crippen LogP contribution >= 0.6 is 0 Å². The van der Waals surface area contributed by atoms with Gasteiger partial charge in [-0.3, -0.25) is 20.4 Å². The Hall–Kier alpha value is -3.42. The van der Waals surface area contributed by atoms with E-state index in [0.717, 1.165) is 5.56 Å². The second-order valence-corrected chi connectivity index (χ2v) is 8.14. The van der Waals surface area contributed by atoms with Gasteiger partial charge in [-0.25, -0.2) is 0 Å². The van der Waals surface area contributed by atoms with E-state index in [-0.39, 0.29) is 17.6 Å². The summed E-state index contributed by atoms with van der Waals surface area (Å²) in [6, 6.07) is 10.7. The Balaban J connectivity index is 2.06. The van der Waals surface area contributed by atoms with Crippen LogP contribution in [0.5, 0.6) is 23.0 Å². The van der Waals surface area contributed by atoms with E-state index < -0.39 is 11.8 Å². The minimum Gasteiger partial charge on any atom is -0.490 e. The molecule has 0 aliphatic heterocycles. The lowest BCUT2D eigenvalue weighted by atomic mass is 9.86. The maximum absolute atomic E-state index is 12.7. The lowest BCUT2D eigenvalue weighted by Crippen LogP contribution is -2.43. The average molecular weight is 459 g/mol. The Kier molecular flexibility index (Phi) is 9.39. The van der Waals surface area contributed by atoms with Gasteiger partial charge in [0.25, 0.3) is 11.8 Å². The molecular weight excluding hydrogens is 424 g/mol. The van der Waals surface area contributed by atoms with E-state index in [0.29, 0.717) is 42.8 Å². The van der Waals surface area contributed by atoms with Crippen LogP contribution in [0.25, 0.3) is 0 Å². The number of hydrogen-bond donors (Lipinski definition) is 2. The largest absolute Gasteiger partial charge is 0.490 e. The second kappa shape index (κ2) is 12.0. The van der Waals surface area contributed by atoms with Crippen LogP contribution in [0.1, 0.15) is 57.5 Å². The number of amides is 2. The van der Waals surface area contributed by atoms with Gasteiger partial charge in [0.1, 0.15) is 5.75 Å². The number of hydrazine groups is 1. The molecule has 180 valence electrons. The van der Waals surface area contributed by atoms with E-state index in [1.165, 1.54) is 0 Å². The zero-order valence-electron chi connectivity index (χ0n) is 20.2. The fourth-order valence-electron chi connectivity index (χ4n) is 3.11. The van der Waals surface area contributed by atoms with Crippen molar-refractivity contribution in [2.75, 3.05) is 26.4 Å². The zero-order valence-corrected chi connectivity index (χ0v) is 20.2. The summed E-state index contributed by atoms with van der Waals surface area (Å²) in [7, 11) is 0. The number of ether oxygens (including phenoxy) is 4. The van der Waals surface area contributed by atoms with E-state index in [9.17, 15) is 9.59 Å². The van der Waals surface area contributed by atoms with E-state index in [2.05, 4.69) is 31.6 Å². The van der Waals surface area contributed by atoms with Crippen LogP contribution in [0.4, 0.5) is 0 Å². The predicted octanol–water partition coefficient (Wildman–Crippen LogP) is 4.02. The van der Waals surface area contributed by atoms with Crippen molar-refractivity contribution in [3.05, 3.63) is 47.5 Å². The van der Waals surface area contributed by atoms with Crippen molar-refractivity contribution >= 4 is 11.8 Å². The highest BCUT2D eigenvalue weighted by atomic mass is 16.5. The predicted molar refractivity (Wildman–Crippen MR) is 126 cm³/mol. The molecule has 0 radical (unpaired) electrons. The lowest BCUT2D eigenvalue weighted by molar-refractivity contribution is -0.123. The van der Waals surface area contributed by atoms with Crippen molar-refractivity contribution in [2.24, 2.45) is 0 Å². The first-order valence-corrected chi connectivity index (χ1v) is 11.1. The highest BCUT2D eigenvalue weighted by Gasteiger charge is 2.20. The van der Waals surface area contributed by atoms with Crippen LogP contribution in [-0.4, -0.2) is 38.2 Å². The van der Waals surface area contributed by atoms with Crippen molar-refractivity contribution in [1.82, 2.24) is 10.9 Å². The molecule has 0 unspecified atom stereocenters. The number of carbonyl (C=O) groups is 2. The molecule has 0 atom stereocenters. The number of rotatable bonds is 10. The fourth-order valence-corrected chi connectivity index (χ4v) is 3.11. The van der Waals surface area contributed by atoms with Crippen molar-refractivity contribution in [2.45, 2.75) is 47.0 Å². The van der Waals surface area contributed by atoms with Gasteiger partial charge in [-0.2, -0.15) is 0 Å². The molecule has 0 bridgehead atoms. The molecule has 0 fully saturated rings. The second-order valence-electron chi connectivity index (χ2n) is 8.14. The van der Waals surface area contributed by atoms with Gasteiger partial charge in [-0.1, -0.05) is 39.0 Å². The Labute approximate surface area is 195 Å². The monoisotopic (exact) mass is 458 g/mol. The summed E-state index contributed by atoms with van der Waals surface area (Å²) < 4.78 is 22.6. The summed E-state index contributed by atoms with van der Waals surface area (Å²) in [6.07, 6.45) is 0. The summed E-state index contributed by atoms with van der Waals surface area (Å²) in [6.45, 7) is 12.7. The highest BCUT2D eigenvalue weighted by molar-refractivity contribution is 5.96. The van der Waals surface area contributed by atoms with Gasteiger partial charge in [0.05, 0.1) is 19.8 Å². The molecule has 0 aliphatic rings. The number of para-hydroxylation sites is 1. The van der Waals surface area contributed by atoms with E-state index in [4.69, 9.17) is 18.9 Å². The van der Waals surface area contributed by atoms with E-state index in [1.807, 2.05) is 45.0 Å². The van der Waals surface area contributed by atoms with Crippen LogP contribution in [0, 0.1) is 0 Å². The summed E-state index contributed by atoms with van der Waals surface area (Å²) in [5, 5.41) is 0. The van der Waals surface area contributed by atoms with Crippen molar-refractivity contribution < 1.29 is 28.5 Å². The van der Waals surface area contributed by atoms with Crippen LogP contribution in [-0.2, 0) is 10.2 Å². The number of benzene rings is 2. The molecule has 0 aliphatic carbocycles. The van der Waals surface area contributed by atoms with Gasteiger partial charge in [-0.15, -0.1) is 0 Å². The summed E-state index contributed by atoms with van der Waals surface area (Å²) in [4.78, 5) is 24.9. The molecule has 2 N–H and O–H groups in total. The maximum Gasteiger partial charge on any atom is 0.276 e. The molecule has 2 rings (SSSR count). The number of nitrogens with one attached hydrogen (secondary N) is 2. The molecule has 2 amide bonds. The van der Waals surface area contributed by atoms with Crippen LogP contribution in [0.3, 0.4) is 0 Å². The molecule has 0 heterocycles. The number of carbonyl (C=O) groups excluding carboxylic acids is 2. The molecule has 2 aromatic rings. The Morgan fingerprint density at radius 2 is 1.36 bits per heavy atom. The van der Waals surface area contributed by atoms with Gasteiger partial charge in [-0.05, 0) is 49.9 Å². The first-order valence-electron chi connectivity index (χ1n) is 11.1. The number of hydrogen-bond acceptors (Lipinski definition) is 6. The maximum atomic E-state index is 12.7. The van der Waals surface area contributed by atoms with E-state index in [1.54, 1.807) is 12.1 Å². The first kappa shape index (κ1) is 25.8. The smallest absolute Gasteiger partial charge is 0.276 e. The van der Waals surface area contributed by atoms with Gasteiger partial charge in [0.15, 0.2) is 18.1 Å². The van der Waals surface area contributed by atoms with Crippen LogP contribution in [0.15, 0.2) is 36.4 Å². The van der Waals surface area contributed by atoms with Gasteiger partial charge >= 0.3 is 0 Å². The molecule has 0 spiro atoms. The third kappa shape index (κ3) is 7.30. The van der Waals surface area contributed by atoms with E-state index >= 15 is 0 Å². The van der Waals surface area contributed by atoms with Crippen molar-refractivity contribution in [1.29, 1.82) is 0 Å². The third-order valence-electron chi connectivity index (χ3n) is 4.54. The molecular formula is C25H34N2O6. The summed E-state index contributed by atoms with van der Waals surface area (Å²) in [5.41, 5.74) is 5.89. The van der Waals surface area contributed by atoms with Crippen LogP contribution < -0.4 is 29.8 Å². The summed E-state index contributed by atoms with van der Waals surface area (Å²) in [5.74, 6) is 0.831. The highest BCUT2D eigenvalue weighted by Crippen LogP contribution is 2.39. The minimum absolute atomic E-state index is 0.133. The molecule has 0 saturated carbocycles. The van der Waals surface area contributed by atoms with Crippen molar-refractivity contribution in [3.8, 4) is 23.0 Å². The average Bonchev–Trinajstić information content (AvgIpc) is 2.77. The Morgan fingerprint density at radius 1 is 0.788 bits per heavy atom. The molecule has 0 aromatic heterocycles. The zero-order chi connectivity index (χ0) is 24.4. The SMILES string of the molecule is CCOc1cc(C(=O)NNC(=O)COc2ccccc2C(C)(C)C)cc(OCC)c1OCC. The van der Waals surface area contributed by atoms with Gasteiger partial charge in [0.2, 0.25) is 5.75 Å². The normalized spacial score (nSPS) is 10.8. The third-order valence-corrected chi connectivity index (χ3v) is 4.54. The minimum atomic E-state index is -0.525. The topological polar surface area (TPSA) is 95.1 Å². The quantitative estimate of drug-likeness (QED) is 0.522. The Bertz CT molecular complexity index is 925. The Morgan fingerprint density at radius 3 is 1.91 bits per heavy atom. The first-order chi connectivity index (χ1) is 15.7. The van der Waals surface area contributed by atoms with Crippen LogP contribution in [0.2, 0.25) is 0 Å². The molecule has 33 heavy (non-hydrogen) atoms. The van der Waals surface area contributed by atoms with Gasteiger partial charge in [0, 0.05) is 5.56 Å².